The van der Waals surface area contributed by atoms with Gasteiger partial charge in [-0.15, -0.1) is 0 Å². The summed E-state index contributed by atoms with van der Waals surface area (Å²) in [5, 5.41) is 0.562. The lowest BCUT2D eigenvalue weighted by molar-refractivity contribution is 0.0600. The Morgan fingerprint density at radius 2 is 2.00 bits per heavy atom. The van der Waals surface area contributed by atoms with Crippen LogP contribution in [-0.2, 0) is 4.74 Å². The van der Waals surface area contributed by atoms with Crippen LogP contribution < -0.4 is 10.6 Å². The predicted molar refractivity (Wildman–Crippen MR) is 90.8 cm³/mol. The van der Waals surface area contributed by atoms with Crippen molar-refractivity contribution in [2.75, 3.05) is 18.6 Å². The zero-order valence-electron chi connectivity index (χ0n) is 13.6. The first-order valence-electron chi connectivity index (χ1n) is 7.88. The number of nitrogens with two attached hydrogens (primary N) is 1. The van der Waals surface area contributed by atoms with Gasteiger partial charge in [-0.25, -0.2) is 4.79 Å². The van der Waals surface area contributed by atoms with Crippen molar-refractivity contribution in [3.8, 4) is 0 Å². The number of hydrogen-bond donors (Lipinski definition) is 1. The van der Waals surface area contributed by atoms with Crippen molar-refractivity contribution >= 4 is 23.3 Å². The van der Waals surface area contributed by atoms with Crippen LogP contribution in [0, 0.1) is 6.92 Å². The minimum Gasteiger partial charge on any atom is -0.465 e. The van der Waals surface area contributed by atoms with E-state index in [9.17, 15) is 4.79 Å². The van der Waals surface area contributed by atoms with Crippen molar-refractivity contribution in [3.63, 3.8) is 0 Å². The lowest BCUT2D eigenvalue weighted by atomic mass is 9.90. The quantitative estimate of drug-likeness (QED) is 0.861. The second-order valence-corrected chi connectivity index (χ2v) is 6.38. The molecule has 1 saturated carbocycles. The van der Waals surface area contributed by atoms with Gasteiger partial charge in [0.05, 0.1) is 12.7 Å². The summed E-state index contributed by atoms with van der Waals surface area (Å²) in [6, 6.07) is 4.39. The number of carbonyl (C=O) groups excluding carboxylic acids is 1. The van der Waals surface area contributed by atoms with E-state index in [4.69, 9.17) is 22.1 Å². The Morgan fingerprint density at radius 3 is 2.55 bits per heavy atom. The topological polar surface area (TPSA) is 55.6 Å². The summed E-state index contributed by atoms with van der Waals surface area (Å²) in [5.41, 5.74) is 8.50. The lowest BCUT2D eigenvalue weighted by Crippen LogP contribution is -2.41. The molecule has 4 nitrogen and oxygen atoms in total. The lowest BCUT2D eigenvalue weighted by Gasteiger charge is -2.38. The molecule has 0 bridgehead atoms. The van der Waals surface area contributed by atoms with E-state index in [1.807, 2.05) is 13.0 Å². The molecule has 0 aliphatic heterocycles. The van der Waals surface area contributed by atoms with Gasteiger partial charge in [-0.2, -0.15) is 0 Å². The van der Waals surface area contributed by atoms with Crippen molar-refractivity contribution < 1.29 is 9.53 Å². The van der Waals surface area contributed by atoms with Gasteiger partial charge in [-0.05, 0) is 57.2 Å². The van der Waals surface area contributed by atoms with Gasteiger partial charge in [-0.3, -0.25) is 0 Å². The van der Waals surface area contributed by atoms with Gasteiger partial charge in [0.1, 0.15) is 0 Å². The molecule has 1 aromatic carbocycles. The molecule has 1 aromatic rings. The van der Waals surface area contributed by atoms with E-state index in [-0.39, 0.29) is 5.97 Å². The van der Waals surface area contributed by atoms with Gasteiger partial charge < -0.3 is 15.4 Å². The largest absolute Gasteiger partial charge is 0.465 e. The van der Waals surface area contributed by atoms with E-state index in [2.05, 4.69) is 11.8 Å². The van der Waals surface area contributed by atoms with E-state index in [0.717, 1.165) is 43.5 Å². The molecule has 0 spiro atoms. The molecule has 1 aliphatic carbocycles. The zero-order valence-corrected chi connectivity index (χ0v) is 14.3. The molecule has 0 saturated heterocycles. The number of hydrogen-bond acceptors (Lipinski definition) is 4. The second-order valence-electron chi connectivity index (χ2n) is 5.94. The number of methoxy groups -OCH3 is 1. The summed E-state index contributed by atoms with van der Waals surface area (Å²) in [4.78, 5) is 14.3. The van der Waals surface area contributed by atoms with Crippen LogP contribution in [0.3, 0.4) is 0 Å². The van der Waals surface area contributed by atoms with Gasteiger partial charge in [0.15, 0.2) is 0 Å². The van der Waals surface area contributed by atoms with E-state index in [0.29, 0.717) is 22.7 Å². The highest BCUT2D eigenvalue weighted by atomic mass is 35.5. The van der Waals surface area contributed by atoms with Crippen molar-refractivity contribution in [1.29, 1.82) is 0 Å². The number of carbonyl (C=O) groups is 1. The summed E-state index contributed by atoms with van der Waals surface area (Å²) in [6.45, 7) is 4.96. The predicted octanol–water partition coefficient (Wildman–Crippen LogP) is 3.53. The number of ether oxygens (including phenoxy) is 1. The molecule has 122 valence electrons. The van der Waals surface area contributed by atoms with Gasteiger partial charge in [0.25, 0.3) is 0 Å². The number of halogens is 1. The van der Waals surface area contributed by atoms with Gasteiger partial charge in [0, 0.05) is 29.3 Å². The molecule has 5 heteroatoms. The summed E-state index contributed by atoms with van der Waals surface area (Å²) in [6.07, 6.45) is 4.25. The van der Waals surface area contributed by atoms with Gasteiger partial charge in [-0.1, -0.05) is 11.6 Å². The molecule has 0 amide bonds. The highest BCUT2D eigenvalue weighted by molar-refractivity contribution is 6.31. The first kappa shape index (κ1) is 17.1. The van der Waals surface area contributed by atoms with Crippen LogP contribution in [-0.4, -0.2) is 31.7 Å². The molecular formula is C17H25ClN2O2. The van der Waals surface area contributed by atoms with Crippen molar-refractivity contribution in [1.82, 2.24) is 0 Å². The molecular weight excluding hydrogens is 300 g/mol. The minimum absolute atomic E-state index is 0.320. The van der Waals surface area contributed by atoms with Crippen molar-refractivity contribution in [3.05, 3.63) is 28.3 Å². The molecule has 0 aromatic heterocycles. The summed E-state index contributed by atoms with van der Waals surface area (Å²) < 4.78 is 4.87. The van der Waals surface area contributed by atoms with Gasteiger partial charge >= 0.3 is 5.97 Å². The van der Waals surface area contributed by atoms with Crippen LogP contribution in [0.2, 0.25) is 5.02 Å². The Balaban J connectivity index is 2.36. The first-order valence-corrected chi connectivity index (χ1v) is 8.26. The molecule has 2 N–H and O–H groups in total. The molecule has 0 unspecified atom stereocenters. The summed E-state index contributed by atoms with van der Waals surface area (Å²) in [7, 11) is 1.39. The number of nitrogens with zero attached hydrogens (tertiary/aromatic N) is 1. The first-order chi connectivity index (χ1) is 10.5. The average molecular weight is 325 g/mol. The summed E-state index contributed by atoms with van der Waals surface area (Å²) >= 11 is 6.23. The molecule has 22 heavy (non-hydrogen) atoms. The Bertz CT molecular complexity index is 540. The molecule has 1 aliphatic rings. The fourth-order valence-corrected chi connectivity index (χ4v) is 3.54. The fourth-order valence-electron chi connectivity index (χ4n) is 3.32. The van der Waals surface area contributed by atoms with Crippen molar-refractivity contribution in [2.45, 2.75) is 51.6 Å². The molecule has 1 fully saturated rings. The molecule has 0 radical (unpaired) electrons. The number of anilines is 1. The number of rotatable bonds is 4. The van der Waals surface area contributed by atoms with Gasteiger partial charge in [0.2, 0.25) is 0 Å². The van der Waals surface area contributed by atoms with Crippen LogP contribution in [0.25, 0.3) is 0 Å². The maximum absolute atomic E-state index is 12.0. The number of benzene rings is 1. The van der Waals surface area contributed by atoms with E-state index >= 15 is 0 Å². The standard InChI is InChI=1S/C17H25ClN2O2/c1-4-20(14-7-5-13(19)6-8-14)16-10-12(18)9-15(11(16)2)17(21)22-3/h9-10,13-14H,4-8,19H2,1-3H3. The minimum atomic E-state index is -0.344. The van der Waals surface area contributed by atoms with Crippen LogP contribution >= 0.6 is 11.6 Å². The summed E-state index contributed by atoms with van der Waals surface area (Å²) in [5.74, 6) is -0.344. The van der Waals surface area contributed by atoms with Crippen LogP contribution in [0.4, 0.5) is 5.69 Å². The Labute approximate surface area is 137 Å². The Kier molecular flexibility index (Phi) is 5.70. The SMILES string of the molecule is CCN(c1cc(Cl)cc(C(=O)OC)c1C)C1CCC(N)CC1. The monoisotopic (exact) mass is 324 g/mol. The fraction of sp³-hybridized carbons (Fsp3) is 0.588. The Morgan fingerprint density at radius 1 is 1.36 bits per heavy atom. The van der Waals surface area contributed by atoms with Crippen LogP contribution in [0.5, 0.6) is 0 Å². The van der Waals surface area contributed by atoms with E-state index in [1.165, 1.54) is 7.11 Å². The van der Waals surface area contributed by atoms with E-state index < -0.39 is 0 Å². The second kappa shape index (κ2) is 7.34. The van der Waals surface area contributed by atoms with Crippen molar-refractivity contribution in [2.24, 2.45) is 5.73 Å². The van der Waals surface area contributed by atoms with Crippen LogP contribution in [0.15, 0.2) is 12.1 Å². The normalized spacial score (nSPS) is 21.5. The number of esters is 1. The maximum Gasteiger partial charge on any atom is 0.338 e. The van der Waals surface area contributed by atoms with E-state index in [1.54, 1.807) is 6.07 Å². The third-order valence-corrected chi connectivity index (χ3v) is 4.80. The Hall–Kier alpha value is -1.26. The molecule has 0 atom stereocenters. The highest BCUT2D eigenvalue weighted by Gasteiger charge is 2.26. The molecule has 2 rings (SSSR count). The smallest absolute Gasteiger partial charge is 0.338 e. The third-order valence-electron chi connectivity index (χ3n) is 4.58. The highest BCUT2D eigenvalue weighted by Crippen LogP contribution is 2.33. The third kappa shape index (κ3) is 3.55. The molecule has 0 heterocycles. The van der Waals surface area contributed by atoms with Crippen LogP contribution in [0.1, 0.15) is 48.5 Å². The zero-order chi connectivity index (χ0) is 16.3. The maximum atomic E-state index is 12.0. The average Bonchev–Trinajstić information content (AvgIpc) is 2.52.